The maximum atomic E-state index is 11.6. The number of carbonyl (C=O) groups is 1. The third kappa shape index (κ3) is 1.53. The van der Waals surface area contributed by atoms with Crippen LogP contribution in [0, 0.1) is 13.8 Å². The number of nitrogens with one attached hydrogen (secondary N) is 1. The molecule has 1 aromatic heterocycles. The molecule has 3 N–H and O–H groups in total. The van der Waals surface area contributed by atoms with Crippen molar-refractivity contribution >= 4 is 16.8 Å². The summed E-state index contributed by atoms with van der Waals surface area (Å²) >= 11 is 0. The zero-order valence-corrected chi connectivity index (χ0v) is 9.24. The first-order chi connectivity index (χ1) is 7.65. The second kappa shape index (κ2) is 3.90. The Labute approximate surface area is 93.4 Å². The summed E-state index contributed by atoms with van der Waals surface area (Å²) in [6, 6.07) is 7.73. The van der Waals surface area contributed by atoms with Crippen LogP contribution in [-0.2, 0) is 0 Å². The number of carbonyl (C=O) groups excluding carboxylic acids is 1. The lowest BCUT2D eigenvalue weighted by Gasteiger charge is -2.10. The lowest BCUT2D eigenvalue weighted by atomic mass is 10.0. The molecular formula is C12H13N3O. The summed E-state index contributed by atoms with van der Waals surface area (Å²) in [5.74, 6) is 4.86. The summed E-state index contributed by atoms with van der Waals surface area (Å²) in [6.07, 6.45) is 0. The first-order valence-corrected chi connectivity index (χ1v) is 5.02. The fourth-order valence-electron chi connectivity index (χ4n) is 1.94. The van der Waals surface area contributed by atoms with Gasteiger partial charge in [0.25, 0.3) is 5.91 Å². The molecule has 0 fully saturated rings. The SMILES string of the molecule is Cc1nc2ccccc2c(C)c1C(=O)NN. The van der Waals surface area contributed by atoms with Crippen molar-refractivity contribution in [2.45, 2.75) is 13.8 Å². The van der Waals surface area contributed by atoms with Gasteiger partial charge in [0, 0.05) is 5.39 Å². The van der Waals surface area contributed by atoms with Crippen LogP contribution in [0.5, 0.6) is 0 Å². The van der Waals surface area contributed by atoms with E-state index in [-0.39, 0.29) is 5.91 Å². The summed E-state index contributed by atoms with van der Waals surface area (Å²) < 4.78 is 0. The highest BCUT2D eigenvalue weighted by molar-refractivity contribution is 6.00. The number of nitrogen functional groups attached to an aromatic ring is 1. The topological polar surface area (TPSA) is 68.0 Å². The Bertz CT molecular complexity index is 563. The predicted octanol–water partition coefficient (Wildman–Crippen LogP) is 1.46. The number of hydrogen-bond donors (Lipinski definition) is 2. The van der Waals surface area contributed by atoms with Crippen LogP contribution in [0.4, 0.5) is 0 Å². The van der Waals surface area contributed by atoms with Gasteiger partial charge in [0.2, 0.25) is 0 Å². The van der Waals surface area contributed by atoms with Gasteiger partial charge in [-0.15, -0.1) is 0 Å². The minimum atomic E-state index is -0.298. The molecule has 0 aliphatic heterocycles. The van der Waals surface area contributed by atoms with E-state index in [2.05, 4.69) is 10.4 Å². The molecule has 0 spiro atoms. The number of nitrogens with zero attached hydrogens (tertiary/aromatic N) is 1. The van der Waals surface area contributed by atoms with Gasteiger partial charge in [-0.3, -0.25) is 15.2 Å². The zero-order valence-electron chi connectivity index (χ0n) is 9.24. The Kier molecular flexibility index (Phi) is 2.58. The van der Waals surface area contributed by atoms with E-state index in [1.54, 1.807) is 0 Å². The van der Waals surface area contributed by atoms with E-state index >= 15 is 0 Å². The van der Waals surface area contributed by atoms with Crippen LogP contribution >= 0.6 is 0 Å². The molecule has 2 aromatic rings. The van der Waals surface area contributed by atoms with Gasteiger partial charge in [-0.05, 0) is 25.5 Å². The zero-order chi connectivity index (χ0) is 11.7. The van der Waals surface area contributed by atoms with Gasteiger partial charge in [0.15, 0.2) is 0 Å². The van der Waals surface area contributed by atoms with Gasteiger partial charge in [-0.1, -0.05) is 18.2 Å². The number of para-hydroxylation sites is 1. The van der Waals surface area contributed by atoms with Crippen LogP contribution in [-0.4, -0.2) is 10.9 Å². The van der Waals surface area contributed by atoms with E-state index < -0.39 is 0 Å². The maximum Gasteiger partial charge on any atom is 0.267 e. The first-order valence-electron chi connectivity index (χ1n) is 5.02. The van der Waals surface area contributed by atoms with E-state index in [9.17, 15) is 4.79 Å². The molecule has 1 heterocycles. The van der Waals surface area contributed by atoms with Crippen LogP contribution in [0.1, 0.15) is 21.6 Å². The molecule has 2 rings (SSSR count). The summed E-state index contributed by atoms with van der Waals surface area (Å²) in [7, 11) is 0. The summed E-state index contributed by atoms with van der Waals surface area (Å²) in [6.45, 7) is 3.71. The second-order valence-corrected chi connectivity index (χ2v) is 3.69. The molecule has 82 valence electrons. The number of fused-ring (bicyclic) bond motifs is 1. The first kappa shape index (κ1) is 10.6. The summed E-state index contributed by atoms with van der Waals surface area (Å²) in [5, 5.41) is 0.978. The molecule has 0 saturated carbocycles. The lowest BCUT2D eigenvalue weighted by molar-refractivity contribution is 0.0952. The normalized spacial score (nSPS) is 10.4. The molecule has 16 heavy (non-hydrogen) atoms. The van der Waals surface area contributed by atoms with Crippen LogP contribution in [0.3, 0.4) is 0 Å². The van der Waals surface area contributed by atoms with Gasteiger partial charge >= 0.3 is 0 Å². The number of hydrazine groups is 1. The Hall–Kier alpha value is -1.94. The van der Waals surface area contributed by atoms with Crippen LogP contribution in [0.15, 0.2) is 24.3 Å². The smallest absolute Gasteiger partial charge is 0.267 e. The summed E-state index contributed by atoms with van der Waals surface area (Å²) in [5.41, 5.74) is 5.20. The largest absolute Gasteiger partial charge is 0.290 e. The number of rotatable bonds is 1. The minimum absolute atomic E-state index is 0.298. The molecule has 0 radical (unpaired) electrons. The van der Waals surface area contributed by atoms with Gasteiger partial charge in [-0.2, -0.15) is 0 Å². The van der Waals surface area contributed by atoms with Gasteiger partial charge in [0.05, 0.1) is 16.8 Å². The Balaban J connectivity index is 2.80. The summed E-state index contributed by atoms with van der Waals surface area (Å²) in [4.78, 5) is 16.0. The number of amides is 1. The van der Waals surface area contributed by atoms with Crippen molar-refractivity contribution < 1.29 is 4.79 Å². The molecule has 0 aliphatic rings. The second-order valence-electron chi connectivity index (χ2n) is 3.69. The number of aromatic nitrogens is 1. The third-order valence-corrected chi connectivity index (χ3v) is 2.69. The number of pyridine rings is 1. The number of nitrogens with two attached hydrogens (primary N) is 1. The average Bonchev–Trinajstić information content (AvgIpc) is 2.28. The molecule has 4 nitrogen and oxygen atoms in total. The van der Waals surface area contributed by atoms with E-state index in [0.29, 0.717) is 11.3 Å². The monoisotopic (exact) mass is 215 g/mol. The van der Waals surface area contributed by atoms with Crippen molar-refractivity contribution in [3.05, 3.63) is 41.1 Å². The number of benzene rings is 1. The molecule has 4 heteroatoms. The number of aryl methyl sites for hydroxylation is 2. The molecule has 0 bridgehead atoms. The third-order valence-electron chi connectivity index (χ3n) is 2.69. The molecule has 1 aromatic carbocycles. The standard InChI is InChI=1S/C12H13N3O/c1-7-9-5-3-4-6-10(9)14-8(2)11(7)12(16)15-13/h3-6H,13H2,1-2H3,(H,15,16). The highest BCUT2D eigenvalue weighted by Gasteiger charge is 2.14. The van der Waals surface area contributed by atoms with Crippen LogP contribution in [0.25, 0.3) is 10.9 Å². The molecule has 0 saturated heterocycles. The predicted molar refractivity (Wildman–Crippen MR) is 62.9 cm³/mol. The highest BCUT2D eigenvalue weighted by atomic mass is 16.2. The van der Waals surface area contributed by atoms with E-state index in [4.69, 9.17) is 5.84 Å². The van der Waals surface area contributed by atoms with Crippen molar-refractivity contribution in [1.29, 1.82) is 0 Å². The van der Waals surface area contributed by atoms with E-state index in [1.165, 1.54) is 0 Å². The van der Waals surface area contributed by atoms with E-state index in [1.807, 2.05) is 38.1 Å². The van der Waals surface area contributed by atoms with Crippen molar-refractivity contribution in [1.82, 2.24) is 10.4 Å². The molecule has 1 amide bonds. The Morgan fingerprint density at radius 2 is 2.00 bits per heavy atom. The van der Waals surface area contributed by atoms with Crippen molar-refractivity contribution in [3.63, 3.8) is 0 Å². The van der Waals surface area contributed by atoms with Crippen molar-refractivity contribution in [3.8, 4) is 0 Å². The fraction of sp³-hybridized carbons (Fsp3) is 0.167. The van der Waals surface area contributed by atoms with Crippen LogP contribution < -0.4 is 11.3 Å². The van der Waals surface area contributed by atoms with Crippen LogP contribution in [0.2, 0.25) is 0 Å². The number of hydrogen-bond acceptors (Lipinski definition) is 3. The fourth-order valence-corrected chi connectivity index (χ4v) is 1.94. The molecule has 0 unspecified atom stereocenters. The Morgan fingerprint density at radius 3 is 2.69 bits per heavy atom. The average molecular weight is 215 g/mol. The minimum Gasteiger partial charge on any atom is -0.290 e. The maximum absolute atomic E-state index is 11.6. The van der Waals surface area contributed by atoms with Gasteiger partial charge in [-0.25, -0.2) is 5.84 Å². The molecule has 0 atom stereocenters. The van der Waals surface area contributed by atoms with Crippen molar-refractivity contribution in [2.75, 3.05) is 0 Å². The van der Waals surface area contributed by atoms with Crippen molar-refractivity contribution in [2.24, 2.45) is 5.84 Å². The molecular weight excluding hydrogens is 202 g/mol. The quantitative estimate of drug-likeness (QED) is 0.430. The Morgan fingerprint density at radius 1 is 1.31 bits per heavy atom. The van der Waals surface area contributed by atoms with Gasteiger partial charge < -0.3 is 0 Å². The van der Waals surface area contributed by atoms with Gasteiger partial charge in [0.1, 0.15) is 0 Å². The highest BCUT2D eigenvalue weighted by Crippen LogP contribution is 2.22. The molecule has 0 aliphatic carbocycles. The van der Waals surface area contributed by atoms with E-state index in [0.717, 1.165) is 16.5 Å². The lowest BCUT2D eigenvalue weighted by Crippen LogP contribution is -2.31.